The van der Waals surface area contributed by atoms with Gasteiger partial charge in [0.15, 0.2) is 28.6 Å². The van der Waals surface area contributed by atoms with Crippen LogP contribution in [0.1, 0.15) is 11.6 Å². The van der Waals surface area contributed by atoms with Gasteiger partial charge in [0, 0.05) is 51.9 Å². The summed E-state index contributed by atoms with van der Waals surface area (Å²) < 4.78 is 4.03. The van der Waals surface area contributed by atoms with E-state index in [-0.39, 0.29) is 0 Å². The van der Waals surface area contributed by atoms with Crippen molar-refractivity contribution in [2.75, 3.05) is 0 Å². The maximum Gasteiger partial charge on any atom is 0.198 e. The third-order valence-corrected chi connectivity index (χ3v) is 8.45. The lowest BCUT2D eigenvalue weighted by molar-refractivity contribution is 0.938. The van der Waals surface area contributed by atoms with Crippen molar-refractivity contribution < 1.29 is 0 Å². The van der Waals surface area contributed by atoms with E-state index in [2.05, 4.69) is 45.8 Å². The Kier molecular flexibility index (Phi) is 5.28. The van der Waals surface area contributed by atoms with Crippen molar-refractivity contribution in [3.63, 3.8) is 0 Å². The van der Waals surface area contributed by atoms with Crippen molar-refractivity contribution in [3.05, 3.63) is 127 Å². The predicted molar refractivity (Wildman–Crippen MR) is 176 cm³/mol. The number of benzene rings is 2. The molecule has 0 aliphatic heterocycles. The normalized spacial score (nSPS) is 11.7. The highest BCUT2D eigenvalue weighted by Gasteiger charge is 2.26. The lowest BCUT2D eigenvalue weighted by atomic mass is 10.1. The smallest absolute Gasteiger partial charge is 0.198 e. The van der Waals surface area contributed by atoms with Crippen molar-refractivity contribution in [3.8, 4) is 11.3 Å². The summed E-state index contributed by atoms with van der Waals surface area (Å²) in [6, 6.07) is 13.7. The van der Waals surface area contributed by atoms with Crippen molar-refractivity contribution in [1.82, 2.24) is 63.6 Å². The van der Waals surface area contributed by atoms with Gasteiger partial charge in [0.25, 0.3) is 0 Å². The Morgan fingerprint density at radius 3 is 2.02 bits per heavy atom. The molecule has 48 heavy (non-hydrogen) atoms. The molecule has 0 atom stereocenters. The van der Waals surface area contributed by atoms with E-state index in [1.165, 1.54) is 25.3 Å². The summed E-state index contributed by atoms with van der Waals surface area (Å²) in [5.41, 5.74) is 6.84. The quantitative estimate of drug-likeness (QED) is 0.259. The third kappa shape index (κ3) is 3.46. The monoisotopic (exact) mass is 620 g/mol. The lowest BCUT2D eigenvalue weighted by Gasteiger charge is -2.08. The average molecular weight is 621 g/mol. The molecule has 0 saturated heterocycles. The SMILES string of the molecule is [C-]#[N+]c1ccc2c3cccc4c5nccnc5n(c(=C(c5ncncn5)c5ncncn5)n5c6ncc(-c7ccncc7)nc6c1c25)c34. The Balaban J connectivity index is 1.62. The maximum atomic E-state index is 8.22. The van der Waals surface area contributed by atoms with Crippen molar-refractivity contribution >= 4 is 66.2 Å². The Labute approximate surface area is 268 Å². The summed E-state index contributed by atoms with van der Waals surface area (Å²) in [5, 5.41) is 3.33. The van der Waals surface area contributed by atoms with E-state index in [1.807, 2.05) is 45.2 Å². The summed E-state index contributed by atoms with van der Waals surface area (Å²) in [4.78, 5) is 54.5. The number of hydrogen-bond acceptors (Lipinski definition) is 11. The molecule has 0 fully saturated rings. The molecule has 0 spiro atoms. The van der Waals surface area contributed by atoms with Crippen molar-refractivity contribution in [2.45, 2.75) is 0 Å². The van der Waals surface area contributed by atoms with Crippen LogP contribution in [-0.2, 0) is 0 Å². The first-order valence-corrected chi connectivity index (χ1v) is 14.7. The van der Waals surface area contributed by atoms with Crippen LogP contribution in [0.5, 0.6) is 0 Å². The Morgan fingerprint density at radius 2 is 1.27 bits per heavy atom. The zero-order valence-electron chi connectivity index (χ0n) is 24.5. The maximum absolute atomic E-state index is 8.22. The highest BCUT2D eigenvalue weighted by Crippen LogP contribution is 2.40. The van der Waals surface area contributed by atoms with Crippen LogP contribution in [0, 0.1) is 6.57 Å². The minimum absolute atomic E-state index is 0.309. The van der Waals surface area contributed by atoms with Gasteiger partial charge in [-0.05, 0) is 12.1 Å². The van der Waals surface area contributed by atoms with Gasteiger partial charge in [0.05, 0.1) is 29.5 Å². The second-order valence-electron chi connectivity index (χ2n) is 10.9. The fourth-order valence-corrected chi connectivity index (χ4v) is 6.59. The Bertz CT molecular complexity index is 2960. The van der Waals surface area contributed by atoms with Crippen LogP contribution in [0.15, 0.2) is 98.8 Å². The van der Waals surface area contributed by atoms with Crippen LogP contribution in [0.3, 0.4) is 0 Å². The first-order valence-electron chi connectivity index (χ1n) is 14.7. The lowest BCUT2D eigenvalue weighted by Crippen LogP contribution is -2.26. The van der Waals surface area contributed by atoms with E-state index in [1.54, 1.807) is 31.0 Å². The number of nitrogens with zero attached hydrogens (tertiary/aromatic N) is 14. The van der Waals surface area contributed by atoms with Crippen LogP contribution in [0.4, 0.5) is 5.69 Å². The molecular formula is C34H16N14. The fourth-order valence-electron chi connectivity index (χ4n) is 6.59. The molecule has 0 N–H and O–H groups in total. The Morgan fingerprint density at radius 1 is 0.604 bits per heavy atom. The molecule has 14 heteroatoms. The number of rotatable bonds is 3. The van der Waals surface area contributed by atoms with E-state index in [0.717, 1.165) is 32.8 Å². The summed E-state index contributed by atoms with van der Waals surface area (Å²) in [6.07, 6.45) is 14.2. The molecule has 222 valence electrons. The molecule has 8 aromatic heterocycles. The van der Waals surface area contributed by atoms with Gasteiger partial charge in [-0.15, -0.1) is 0 Å². The molecule has 0 bridgehead atoms. The van der Waals surface area contributed by atoms with E-state index < -0.39 is 0 Å². The van der Waals surface area contributed by atoms with Gasteiger partial charge in [-0.1, -0.05) is 30.3 Å². The number of pyridine rings is 1. The number of para-hydroxylation sites is 1. The first-order chi connectivity index (χ1) is 23.8. The largest absolute Gasteiger partial charge is 0.278 e. The number of hydrogen-bond donors (Lipinski definition) is 0. The highest BCUT2D eigenvalue weighted by atomic mass is 15.1. The fraction of sp³-hybridized carbons (Fsp3) is 0. The molecular weight excluding hydrogens is 604 g/mol. The molecule has 10 aromatic rings. The number of fused-ring (bicyclic) bond motifs is 7. The Hall–Kier alpha value is -7.40. The molecule has 0 unspecified atom stereocenters. The van der Waals surface area contributed by atoms with Gasteiger partial charge in [0.2, 0.25) is 0 Å². The first kappa shape index (κ1) is 25.9. The van der Waals surface area contributed by atoms with Crippen LogP contribution >= 0.6 is 0 Å². The number of aromatic nitrogens is 13. The van der Waals surface area contributed by atoms with Crippen LogP contribution < -0.4 is 5.48 Å². The molecule has 8 heterocycles. The van der Waals surface area contributed by atoms with Gasteiger partial charge >= 0.3 is 0 Å². The highest BCUT2D eigenvalue weighted by molar-refractivity contribution is 6.25. The molecule has 0 saturated carbocycles. The molecule has 14 nitrogen and oxygen atoms in total. The third-order valence-electron chi connectivity index (χ3n) is 8.45. The van der Waals surface area contributed by atoms with E-state index in [4.69, 9.17) is 26.5 Å². The second-order valence-corrected chi connectivity index (χ2v) is 10.9. The molecule has 10 rings (SSSR count). The zero-order valence-corrected chi connectivity index (χ0v) is 24.5. The van der Waals surface area contributed by atoms with Gasteiger partial charge in [-0.2, -0.15) is 0 Å². The summed E-state index contributed by atoms with van der Waals surface area (Å²) in [7, 11) is 0. The zero-order chi connectivity index (χ0) is 31.8. The van der Waals surface area contributed by atoms with Crippen LogP contribution in [0.25, 0.3) is 76.6 Å². The van der Waals surface area contributed by atoms with Gasteiger partial charge in [-0.3, -0.25) is 18.8 Å². The summed E-state index contributed by atoms with van der Waals surface area (Å²) in [5.74, 6) is 0.618. The van der Waals surface area contributed by atoms with Crippen LogP contribution in [0.2, 0.25) is 0 Å². The second kappa shape index (κ2) is 9.80. The van der Waals surface area contributed by atoms with Crippen LogP contribution in [-0.4, -0.2) is 63.6 Å². The molecule has 2 aromatic carbocycles. The molecule has 0 aliphatic rings. The average Bonchev–Trinajstić information content (AvgIpc) is 3.63. The molecule has 0 amide bonds. The summed E-state index contributed by atoms with van der Waals surface area (Å²) >= 11 is 0. The van der Waals surface area contributed by atoms with Crippen molar-refractivity contribution in [2.24, 2.45) is 0 Å². The molecule has 0 aliphatic carbocycles. The van der Waals surface area contributed by atoms with E-state index >= 15 is 0 Å². The van der Waals surface area contributed by atoms with E-state index in [9.17, 15) is 0 Å². The van der Waals surface area contributed by atoms with Gasteiger partial charge in [-0.25, -0.2) is 49.7 Å². The van der Waals surface area contributed by atoms with Gasteiger partial charge < -0.3 is 0 Å². The van der Waals surface area contributed by atoms with E-state index in [0.29, 0.717) is 61.8 Å². The minimum Gasteiger partial charge on any atom is -0.278 e. The topological polar surface area (TPSA) is 155 Å². The predicted octanol–water partition coefficient (Wildman–Crippen LogP) is 4.33. The van der Waals surface area contributed by atoms with Gasteiger partial charge in [0.1, 0.15) is 47.4 Å². The van der Waals surface area contributed by atoms with Crippen molar-refractivity contribution in [1.29, 1.82) is 0 Å². The minimum atomic E-state index is 0.309. The molecule has 0 radical (unpaired) electrons. The standard InChI is InChI=1S/C34H16N14/c1-35-22-6-5-20-19-3-2-4-21-26-32(40-12-11-39-26)47(28(19)21)34(25(30-42-14-37-15-43-30)31-44-16-38-17-45-31)48-29(20)24(22)27-33(48)41-13-23(46-27)18-7-9-36-10-8-18/h2-17H. The summed E-state index contributed by atoms with van der Waals surface area (Å²) in [6.45, 7) is 8.22.